The molecule has 0 spiro atoms. The SMILES string of the molecule is COC(=O)CCc1ccc(OCc2cccc(-c3cccc(Cn4c(O)ccc4O)c3)c2)cc1. The van der Waals surface area contributed by atoms with E-state index in [1.807, 2.05) is 66.7 Å². The van der Waals surface area contributed by atoms with Crippen molar-refractivity contribution in [1.82, 2.24) is 4.57 Å². The highest BCUT2D eigenvalue weighted by molar-refractivity contribution is 5.69. The molecule has 0 bridgehead atoms. The summed E-state index contributed by atoms with van der Waals surface area (Å²) in [6.45, 7) is 0.803. The van der Waals surface area contributed by atoms with Crippen LogP contribution < -0.4 is 4.74 Å². The first kappa shape index (κ1) is 23.0. The maximum Gasteiger partial charge on any atom is 0.305 e. The number of benzene rings is 3. The van der Waals surface area contributed by atoms with E-state index in [2.05, 4.69) is 10.8 Å². The molecule has 34 heavy (non-hydrogen) atoms. The zero-order valence-electron chi connectivity index (χ0n) is 19.0. The molecule has 0 aliphatic carbocycles. The van der Waals surface area contributed by atoms with E-state index in [-0.39, 0.29) is 17.7 Å². The van der Waals surface area contributed by atoms with Gasteiger partial charge in [-0.3, -0.25) is 9.36 Å². The van der Waals surface area contributed by atoms with Crippen molar-refractivity contribution >= 4 is 5.97 Å². The Kier molecular flexibility index (Phi) is 7.18. The predicted molar refractivity (Wildman–Crippen MR) is 130 cm³/mol. The Hall–Kier alpha value is -4.19. The first-order valence-corrected chi connectivity index (χ1v) is 11.1. The Bertz CT molecular complexity index is 1240. The van der Waals surface area contributed by atoms with Gasteiger partial charge in [0, 0.05) is 18.6 Å². The molecule has 174 valence electrons. The summed E-state index contributed by atoms with van der Waals surface area (Å²) in [7, 11) is 1.40. The fraction of sp³-hybridized carbons (Fsp3) is 0.179. The monoisotopic (exact) mass is 457 g/mol. The minimum Gasteiger partial charge on any atom is -0.494 e. The number of carbonyl (C=O) groups excluding carboxylic acids is 1. The Morgan fingerprint density at radius 3 is 2.06 bits per heavy atom. The number of hydrogen-bond acceptors (Lipinski definition) is 5. The average Bonchev–Trinajstić information content (AvgIpc) is 3.19. The first-order valence-electron chi connectivity index (χ1n) is 11.1. The Labute approximate surface area is 198 Å². The smallest absolute Gasteiger partial charge is 0.305 e. The van der Waals surface area contributed by atoms with Gasteiger partial charge in [-0.15, -0.1) is 0 Å². The van der Waals surface area contributed by atoms with Crippen molar-refractivity contribution in [3.05, 3.63) is 102 Å². The van der Waals surface area contributed by atoms with Crippen LogP contribution in [0.15, 0.2) is 84.9 Å². The largest absolute Gasteiger partial charge is 0.494 e. The number of ether oxygens (including phenoxy) is 2. The van der Waals surface area contributed by atoms with Crippen LogP contribution in [0.25, 0.3) is 11.1 Å². The summed E-state index contributed by atoms with van der Waals surface area (Å²) in [5, 5.41) is 19.8. The van der Waals surface area contributed by atoms with Gasteiger partial charge in [-0.25, -0.2) is 0 Å². The van der Waals surface area contributed by atoms with E-state index in [1.165, 1.54) is 23.8 Å². The van der Waals surface area contributed by atoms with Gasteiger partial charge in [-0.05, 0) is 58.5 Å². The molecule has 6 heteroatoms. The molecule has 0 radical (unpaired) electrons. The maximum atomic E-state index is 11.3. The van der Waals surface area contributed by atoms with E-state index in [1.54, 1.807) is 0 Å². The number of rotatable bonds is 9. The number of methoxy groups -OCH3 is 1. The molecule has 0 saturated heterocycles. The number of esters is 1. The number of aryl methyl sites for hydroxylation is 1. The lowest BCUT2D eigenvalue weighted by molar-refractivity contribution is -0.140. The third-order valence-electron chi connectivity index (χ3n) is 5.64. The van der Waals surface area contributed by atoms with Crippen molar-refractivity contribution in [2.24, 2.45) is 0 Å². The van der Waals surface area contributed by atoms with Gasteiger partial charge in [0.25, 0.3) is 0 Å². The molecule has 0 fully saturated rings. The van der Waals surface area contributed by atoms with E-state index in [0.29, 0.717) is 26.0 Å². The maximum absolute atomic E-state index is 11.3. The summed E-state index contributed by atoms with van der Waals surface area (Å²) in [4.78, 5) is 11.3. The Balaban J connectivity index is 1.40. The lowest BCUT2D eigenvalue weighted by Gasteiger charge is -2.11. The van der Waals surface area contributed by atoms with E-state index in [0.717, 1.165) is 33.6 Å². The Morgan fingerprint density at radius 1 is 0.794 bits per heavy atom. The fourth-order valence-corrected chi connectivity index (χ4v) is 3.75. The molecule has 0 aliphatic rings. The van der Waals surface area contributed by atoms with Gasteiger partial charge in [0.15, 0.2) is 11.8 Å². The minimum atomic E-state index is -0.216. The normalized spacial score (nSPS) is 10.7. The molecular formula is C28H27NO5. The van der Waals surface area contributed by atoms with Gasteiger partial charge >= 0.3 is 5.97 Å². The highest BCUT2D eigenvalue weighted by Crippen LogP contribution is 2.26. The van der Waals surface area contributed by atoms with Crippen molar-refractivity contribution in [2.45, 2.75) is 26.0 Å². The van der Waals surface area contributed by atoms with Crippen LogP contribution in [0.4, 0.5) is 0 Å². The third-order valence-corrected chi connectivity index (χ3v) is 5.64. The van der Waals surface area contributed by atoms with Crippen molar-refractivity contribution < 1.29 is 24.5 Å². The van der Waals surface area contributed by atoms with Crippen LogP contribution in [0.5, 0.6) is 17.5 Å². The average molecular weight is 458 g/mol. The number of hydrogen-bond donors (Lipinski definition) is 2. The van der Waals surface area contributed by atoms with E-state index >= 15 is 0 Å². The molecule has 3 aromatic carbocycles. The van der Waals surface area contributed by atoms with Crippen molar-refractivity contribution in [3.8, 4) is 28.6 Å². The summed E-state index contributed by atoms with van der Waals surface area (Å²) in [6, 6.07) is 26.8. The molecule has 1 aromatic heterocycles. The number of aromatic nitrogens is 1. The number of carbonyl (C=O) groups is 1. The van der Waals surface area contributed by atoms with E-state index in [4.69, 9.17) is 4.74 Å². The molecule has 0 saturated carbocycles. The minimum absolute atomic E-state index is 0.0264. The highest BCUT2D eigenvalue weighted by atomic mass is 16.5. The predicted octanol–water partition coefficient (Wildman–Crippen LogP) is 5.30. The molecular weight excluding hydrogens is 430 g/mol. The highest BCUT2D eigenvalue weighted by Gasteiger charge is 2.08. The van der Waals surface area contributed by atoms with Crippen molar-refractivity contribution in [1.29, 1.82) is 0 Å². The van der Waals surface area contributed by atoms with Crippen LogP contribution in [0.1, 0.15) is 23.1 Å². The van der Waals surface area contributed by atoms with Gasteiger partial charge in [0.05, 0.1) is 13.7 Å². The van der Waals surface area contributed by atoms with Gasteiger partial charge in [-0.1, -0.05) is 48.5 Å². The van der Waals surface area contributed by atoms with Crippen LogP contribution in [0.2, 0.25) is 0 Å². The summed E-state index contributed by atoms with van der Waals surface area (Å²) in [6.07, 6.45) is 0.996. The summed E-state index contributed by atoms with van der Waals surface area (Å²) in [5.41, 5.74) is 5.16. The lowest BCUT2D eigenvalue weighted by Crippen LogP contribution is -2.02. The summed E-state index contributed by atoms with van der Waals surface area (Å²) < 4.78 is 12.1. The van der Waals surface area contributed by atoms with Gasteiger partial charge in [0.2, 0.25) is 0 Å². The van der Waals surface area contributed by atoms with E-state index < -0.39 is 0 Å². The number of aromatic hydroxyl groups is 2. The molecule has 0 amide bonds. The molecule has 4 aromatic rings. The van der Waals surface area contributed by atoms with Crippen LogP contribution in [0, 0.1) is 0 Å². The van der Waals surface area contributed by atoms with Crippen molar-refractivity contribution in [3.63, 3.8) is 0 Å². The molecule has 4 rings (SSSR count). The van der Waals surface area contributed by atoms with Gasteiger partial charge < -0.3 is 19.7 Å². The lowest BCUT2D eigenvalue weighted by atomic mass is 10.0. The molecule has 0 aliphatic heterocycles. The quantitative estimate of drug-likeness (QED) is 0.334. The zero-order chi connectivity index (χ0) is 23.9. The van der Waals surface area contributed by atoms with Crippen LogP contribution in [0.3, 0.4) is 0 Å². The fourth-order valence-electron chi connectivity index (χ4n) is 3.75. The Morgan fingerprint density at radius 2 is 1.41 bits per heavy atom. The van der Waals surface area contributed by atoms with Crippen LogP contribution in [-0.4, -0.2) is 27.9 Å². The molecule has 6 nitrogen and oxygen atoms in total. The molecule has 2 N–H and O–H groups in total. The summed E-state index contributed by atoms with van der Waals surface area (Å²) in [5.74, 6) is 0.601. The zero-order valence-corrected chi connectivity index (χ0v) is 19.0. The van der Waals surface area contributed by atoms with Gasteiger partial charge in [0.1, 0.15) is 12.4 Å². The van der Waals surface area contributed by atoms with Gasteiger partial charge in [-0.2, -0.15) is 0 Å². The standard InChI is InChI=1S/C28H27NO5/c1-33-28(32)15-10-20-8-11-25(12-9-20)34-19-22-5-3-7-24(17-22)23-6-2-4-21(16-23)18-29-26(30)13-14-27(29)31/h2-9,11-14,16-17,30-31H,10,15,18-19H2,1H3. The van der Waals surface area contributed by atoms with E-state index in [9.17, 15) is 15.0 Å². The topological polar surface area (TPSA) is 80.9 Å². The second kappa shape index (κ2) is 10.6. The second-order valence-electron chi connectivity index (χ2n) is 8.05. The van der Waals surface area contributed by atoms with Crippen molar-refractivity contribution in [2.75, 3.05) is 7.11 Å². The second-order valence-corrected chi connectivity index (χ2v) is 8.05. The third kappa shape index (κ3) is 5.78. The molecule has 0 unspecified atom stereocenters. The molecule has 1 heterocycles. The first-order chi connectivity index (χ1) is 16.5. The van der Waals surface area contributed by atoms with Crippen LogP contribution >= 0.6 is 0 Å². The van der Waals surface area contributed by atoms with Crippen LogP contribution in [-0.2, 0) is 29.1 Å². The number of nitrogens with zero attached hydrogens (tertiary/aromatic N) is 1. The summed E-state index contributed by atoms with van der Waals surface area (Å²) >= 11 is 0. The molecule has 0 atom stereocenters.